The number of hydroxylamine groups is 2. The van der Waals surface area contributed by atoms with E-state index in [2.05, 4.69) is 4.98 Å². The SMILES string of the molecule is O=Cc1cc(Cl)c2c(n1)C[NH+]([O-])CC2. The Morgan fingerprint density at radius 3 is 3.14 bits per heavy atom. The number of nitrogens with one attached hydrogen (secondary N) is 1. The van der Waals surface area contributed by atoms with E-state index >= 15 is 0 Å². The summed E-state index contributed by atoms with van der Waals surface area (Å²) in [7, 11) is 0. The molecule has 1 unspecified atom stereocenters. The molecule has 74 valence electrons. The molecule has 0 radical (unpaired) electrons. The molecule has 2 heterocycles. The number of rotatable bonds is 1. The monoisotopic (exact) mass is 212 g/mol. The predicted molar refractivity (Wildman–Crippen MR) is 51.2 cm³/mol. The van der Waals surface area contributed by atoms with E-state index in [1.807, 2.05) is 0 Å². The number of fused-ring (bicyclic) bond motifs is 1. The quantitative estimate of drug-likeness (QED) is 0.526. The highest BCUT2D eigenvalue weighted by molar-refractivity contribution is 6.31. The highest BCUT2D eigenvalue weighted by Gasteiger charge is 2.19. The van der Waals surface area contributed by atoms with Crippen molar-refractivity contribution in [2.45, 2.75) is 13.0 Å². The van der Waals surface area contributed by atoms with Gasteiger partial charge in [0.2, 0.25) is 0 Å². The Bertz CT molecular complexity index is 381. The first kappa shape index (κ1) is 9.58. The van der Waals surface area contributed by atoms with Crippen molar-refractivity contribution < 1.29 is 9.86 Å². The first-order chi connectivity index (χ1) is 6.70. The van der Waals surface area contributed by atoms with Crippen LogP contribution in [-0.2, 0) is 13.0 Å². The van der Waals surface area contributed by atoms with Gasteiger partial charge in [0.25, 0.3) is 0 Å². The maximum absolute atomic E-state index is 11.2. The first-order valence-corrected chi connectivity index (χ1v) is 4.73. The molecule has 1 aliphatic heterocycles. The third-order valence-corrected chi connectivity index (χ3v) is 2.65. The Morgan fingerprint density at radius 1 is 1.64 bits per heavy atom. The summed E-state index contributed by atoms with van der Waals surface area (Å²) in [4.78, 5) is 14.6. The summed E-state index contributed by atoms with van der Waals surface area (Å²) in [6, 6.07) is 1.54. The lowest BCUT2D eigenvalue weighted by molar-refractivity contribution is -0.865. The Kier molecular flexibility index (Phi) is 2.50. The molecule has 0 saturated heterocycles. The number of hydrogen-bond acceptors (Lipinski definition) is 3. The molecular formula is C9H9ClN2O2. The molecular weight excluding hydrogens is 204 g/mol. The molecule has 0 aromatic carbocycles. The zero-order valence-electron chi connectivity index (χ0n) is 7.42. The van der Waals surface area contributed by atoms with Crippen molar-refractivity contribution >= 4 is 17.9 Å². The number of carbonyl (C=O) groups is 1. The number of pyridine rings is 1. The van der Waals surface area contributed by atoms with Crippen LogP contribution >= 0.6 is 11.6 Å². The third-order valence-electron chi connectivity index (χ3n) is 2.31. The van der Waals surface area contributed by atoms with Gasteiger partial charge in [-0.3, -0.25) is 4.79 Å². The van der Waals surface area contributed by atoms with Gasteiger partial charge in [0.15, 0.2) is 6.29 Å². The van der Waals surface area contributed by atoms with Crippen molar-refractivity contribution in [3.05, 3.63) is 33.2 Å². The van der Waals surface area contributed by atoms with E-state index in [1.54, 1.807) is 6.07 Å². The predicted octanol–water partition coefficient (Wildman–Crippen LogP) is -0.0137. The van der Waals surface area contributed by atoms with Crippen molar-refractivity contribution in [1.82, 2.24) is 4.98 Å². The number of hydrogen-bond donors (Lipinski definition) is 1. The molecule has 1 aromatic heterocycles. The lowest BCUT2D eigenvalue weighted by atomic mass is 10.1. The Balaban J connectivity index is 2.48. The number of halogens is 1. The fraction of sp³-hybridized carbons (Fsp3) is 0.333. The molecule has 2 rings (SSSR count). The second kappa shape index (κ2) is 3.65. The van der Waals surface area contributed by atoms with Crippen LogP contribution in [0.25, 0.3) is 0 Å². The van der Waals surface area contributed by atoms with Gasteiger partial charge in [0.1, 0.15) is 17.9 Å². The van der Waals surface area contributed by atoms with Crippen molar-refractivity contribution in [2.75, 3.05) is 6.54 Å². The van der Waals surface area contributed by atoms with Gasteiger partial charge < -0.3 is 10.3 Å². The van der Waals surface area contributed by atoms with Crippen LogP contribution in [0.5, 0.6) is 0 Å². The largest absolute Gasteiger partial charge is 0.634 e. The second-order valence-corrected chi connectivity index (χ2v) is 3.69. The lowest BCUT2D eigenvalue weighted by Crippen LogP contribution is -3.07. The van der Waals surface area contributed by atoms with E-state index in [9.17, 15) is 10.0 Å². The normalized spacial score (nSPS) is 20.3. The molecule has 0 spiro atoms. The van der Waals surface area contributed by atoms with Crippen molar-refractivity contribution in [3.8, 4) is 0 Å². The molecule has 1 aromatic rings. The molecule has 4 nitrogen and oxygen atoms in total. The average Bonchev–Trinajstić information content (AvgIpc) is 2.16. The number of quaternary nitrogens is 1. The van der Waals surface area contributed by atoms with E-state index in [0.29, 0.717) is 42.2 Å². The topological polar surface area (TPSA) is 57.5 Å². The fourth-order valence-corrected chi connectivity index (χ4v) is 1.94. The van der Waals surface area contributed by atoms with Crippen LogP contribution in [0.4, 0.5) is 0 Å². The van der Waals surface area contributed by atoms with Crippen LogP contribution in [0.3, 0.4) is 0 Å². The summed E-state index contributed by atoms with van der Waals surface area (Å²) in [5.74, 6) is 0. The zero-order valence-corrected chi connectivity index (χ0v) is 8.17. The molecule has 0 amide bonds. The summed E-state index contributed by atoms with van der Waals surface area (Å²) in [5, 5.41) is 11.9. The molecule has 0 bridgehead atoms. The van der Waals surface area contributed by atoms with Crippen molar-refractivity contribution in [3.63, 3.8) is 0 Å². The Morgan fingerprint density at radius 2 is 2.43 bits per heavy atom. The van der Waals surface area contributed by atoms with E-state index in [0.717, 1.165) is 5.56 Å². The summed E-state index contributed by atoms with van der Waals surface area (Å²) in [6.07, 6.45) is 1.28. The van der Waals surface area contributed by atoms with Gasteiger partial charge in [0.05, 0.1) is 6.54 Å². The zero-order chi connectivity index (χ0) is 10.1. The molecule has 0 saturated carbocycles. The standard InChI is InChI=1S/C9H9ClN2O2/c10-8-3-6(5-13)11-9-4-12(14)2-1-7(8)9/h3,5,12H,1-2,4H2. The Hall–Kier alpha value is -0.970. The minimum absolute atomic E-state index is 0.157. The molecule has 5 heteroatoms. The van der Waals surface area contributed by atoms with Crippen LogP contribution in [0, 0.1) is 5.21 Å². The van der Waals surface area contributed by atoms with E-state index in [4.69, 9.17) is 11.6 Å². The van der Waals surface area contributed by atoms with Crippen LogP contribution in [0.1, 0.15) is 21.7 Å². The van der Waals surface area contributed by atoms with Gasteiger partial charge in [-0.05, 0) is 6.07 Å². The fourth-order valence-electron chi connectivity index (χ4n) is 1.62. The van der Waals surface area contributed by atoms with Gasteiger partial charge in [-0.2, -0.15) is 0 Å². The minimum Gasteiger partial charge on any atom is -0.634 e. The maximum atomic E-state index is 11.2. The summed E-state index contributed by atoms with van der Waals surface area (Å²) in [6.45, 7) is 0.825. The van der Waals surface area contributed by atoms with Crippen molar-refractivity contribution in [1.29, 1.82) is 0 Å². The van der Waals surface area contributed by atoms with Crippen LogP contribution < -0.4 is 5.06 Å². The molecule has 0 fully saturated rings. The second-order valence-electron chi connectivity index (χ2n) is 3.29. The van der Waals surface area contributed by atoms with E-state index in [-0.39, 0.29) is 5.06 Å². The first-order valence-electron chi connectivity index (χ1n) is 4.36. The molecule has 14 heavy (non-hydrogen) atoms. The number of carbonyl (C=O) groups excluding carboxylic acids is 1. The summed E-state index contributed by atoms with van der Waals surface area (Å²) >= 11 is 5.96. The molecule has 1 atom stereocenters. The Labute approximate surface area is 86.1 Å². The van der Waals surface area contributed by atoms with Gasteiger partial charge in [-0.15, -0.1) is 0 Å². The van der Waals surface area contributed by atoms with E-state index < -0.39 is 0 Å². The van der Waals surface area contributed by atoms with E-state index in [1.165, 1.54) is 0 Å². The molecule has 1 N–H and O–H groups in total. The number of nitrogens with zero attached hydrogens (tertiary/aromatic N) is 1. The van der Waals surface area contributed by atoms with Crippen LogP contribution in [0.15, 0.2) is 6.07 Å². The van der Waals surface area contributed by atoms with Crippen molar-refractivity contribution in [2.24, 2.45) is 0 Å². The summed E-state index contributed by atoms with van der Waals surface area (Å²) < 4.78 is 0. The number of aromatic nitrogens is 1. The van der Waals surface area contributed by atoms with Crippen LogP contribution in [-0.4, -0.2) is 17.8 Å². The van der Waals surface area contributed by atoms with Gasteiger partial charge in [-0.1, -0.05) is 11.6 Å². The van der Waals surface area contributed by atoms with Gasteiger partial charge in [-0.25, -0.2) is 4.98 Å². The lowest BCUT2D eigenvalue weighted by Gasteiger charge is -2.28. The molecule has 0 aliphatic carbocycles. The summed E-state index contributed by atoms with van der Waals surface area (Å²) in [5.41, 5.74) is 1.87. The average molecular weight is 213 g/mol. The molecule has 1 aliphatic rings. The van der Waals surface area contributed by atoms with Gasteiger partial charge >= 0.3 is 0 Å². The third kappa shape index (κ3) is 1.64. The maximum Gasteiger partial charge on any atom is 0.168 e. The van der Waals surface area contributed by atoms with Gasteiger partial charge in [0, 0.05) is 17.0 Å². The number of aldehydes is 1. The van der Waals surface area contributed by atoms with Crippen LogP contribution in [0.2, 0.25) is 5.02 Å². The minimum atomic E-state index is 0.157. The highest BCUT2D eigenvalue weighted by Crippen LogP contribution is 2.21. The smallest absolute Gasteiger partial charge is 0.168 e. The highest BCUT2D eigenvalue weighted by atomic mass is 35.5.